The summed E-state index contributed by atoms with van der Waals surface area (Å²) < 4.78 is 20.6. The lowest BCUT2D eigenvalue weighted by Crippen LogP contribution is -2.20. The van der Waals surface area contributed by atoms with E-state index in [1.807, 2.05) is 18.4 Å². The predicted octanol–water partition coefficient (Wildman–Crippen LogP) is 3.15. The second-order valence-electron chi connectivity index (χ2n) is 5.20. The van der Waals surface area contributed by atoms with E-state index in [9.17, 15) is 9.18 Å². The molecular formula is C17H22FN3O2. The van der Waals surface area contributed by atoms with Crippen molar-refractivity contribution in [1.29, 1.82) is 0 Å². The summed E-state index contributed by atoms with van der Waals surface area (Å²) in [7, 11) is 1.34. The van der Waals surface area contributed by atoms with Crippen molar-refractivity contribution in [3.05, 3.63) is 47.3 Å². The zero-order chi connectivity index (χ0) is 17.0. The lowest BCUT2D eigenvalue weighted by atomic mass is 9.89. The van der Waals surface area contributed by atoms with Gasteiger partial charge in [0, 0.05) is 18.2 Å². The molecule has 1 aromatic heterocycles. The minimum atomic E-state index is -0.433. The Morgan fingerprint density at radius 2 is 2.17 bits per heavy atom. The van der Waals surface area contributed by atoms with E-state index in [-0.39, 0.29) is 11.7 Å². The van der Waals surface area contributed by atoms with Gasteiger partial charge in [0.2, 0.25) is 0 Å². The van der Waals surface area contributed by atoms with E-state index in [0.29, 0.717) is 29.9 Å². The van der Waals surface area contributed by atoms with Crippen molar-refractivity contribution in [3.63, 3.8) is 0 Å². The van der Waals surface area contributed by atoms with Gasteiger partial charge in [-0.2, -0.15) is 0 Å². The van der Waals surface area contributed by atoms with Crippen molar-refractivity contribution in [2.24, 2.45) is 0 Å². The van der Waals surface area contributed by atoms with Gasteiger partial charge in [-0.3, -0.25) is 0 Å². The molecule has 0 bridgehead atoms. The Balaban J connectivity index is 0.000000924. The fourth-order valence-corrected chi connectivity index (χ4v) is 2.86. The molecule has 0 radical (unpaired) electrons. The summed E-state index contributed by atoms with van der Waals surface area (Å²) in [5.74, 6) is -0.649. The van der Waals surface area contributed by atoms with Crippen molar-refractivity contribution in [2.45, 2.75) is 39.2 Å². The third-order valence-electron chi connectivity index (χ3n) is 3.93. The SMILES string of the molecule is CC.COC(=O)c1ncn2c1CCC(c1cc(N)ccc1F)C2. The summed E-state index contributed by atoms with van der Waals surface area (Å²) in [5.41, 5.74) is 8.12. The summed E-state index contributed by atoms with van der Waals surface area (Å²) >= 11 is 0. The van der Waals surface area contributed by atoms with Crippen LogP contribution in [-0.4, -0.2) is 22.6 Å². The molecule has 0 amide bonds. The zero-order valence-corrected chi connectivity index (χ0v) is 13.7. The minimum Gasteiger partial charge on any atom is -0.464 e. The Labute approximate surface area is 135 Å². The smallest absolute Gasteiger partial charge is 0.358 e. The fourth-order valence-electron chi connectivity index (χ4n) is 2.86. The Morgan fingerprint density at radius 1 is 1.43 bits per heavy atom. The average Bonchev–Trinajstić information content (AvgIpc) is 3.01. The summed E-state index contributed by atoms with van der Waals surface area (Å²) in [4.78, 5) is 15.7. The lowest BCUT2D eigenvalue weighted by Gasteiger charge is -2.25. The number of nitrogens with zero attached hydrogens (tertiary/aromatic N) is 2. The Kier molecular flexibility index (Phi) is 5.36. The van der Waals surface area contributed by atoms with E-state index < -0.39 is 5.97 Å². The molecule has 1 aliphatic rings. The molecule has 2 aromatic rings. The van der Waals surface area contributed by atoms with Crippen LogP contribution in [0.1, 0.15) is 47.9 Å². The molecule has 0 fully saturated rings. The van der Waals surface area contributed by atoms with E-state index in [4.69, 9.17) is 10.5 Å². The van der Waals surface area contributed by atoms with Crippen molar-refractivity contribution in [3.8, 4) is 0 Å². The number of carbonyl (C=O) groups excluding carboxylic acids is 1. The third-order valence-corrected chi connectivity index (χ3v) is 3.93. The van der Waals surface area contributed by atoms with Crippen molar-refractivity contribution < 1.29 is 13.9 Å². The molecule has 2 N–H and O–H groups in total. The summed E-state index contributed by atoms with van der Waals surface area (Å²) in [6.45, 7) is 4.58. The second-order valence-corrected chi connectivity index (χ2v) is 5.20. The van der Waals surface area contributed by atoms with E-state index >= 15 is 0 Å². The van der Waals surface area contributed by atoms with Gasteiger partial charge >= 0.3 is 5.97 Å². The second kappa shape index (κ2) is 7.26. The van der Waals surface area contributed by atoms with Crippen molar-refractivity contribution in [1.82, 2.24) is 9.55 Å². The third kappa shape index (κ3) is 3.36. The molecule has 6 heteroatoms. The van der Waals surface area contributed by atoms with E-state index in [0.717, 1.165) is 12.1 Å². The number of nitrogen functional groups attached to an aromatic ring is 1. The molecule has 1 atom stereocenters. The predicted molar refractivity (Wildman–Crippen MR) is 86.8 cm³/mol. The molecule has 23 heavy (non-hydrogen) atoms. The maximum absolute atomic E-state index is 14.0. The molecule has 5 nitrogen and oxygen atoms in total. The molecule has 1 aromatic carbocycles. The van der Waals surface area contributed by atoms with E-state index in [2.05, 4.69) is 4.98 Å². The molecule has 2 heterocycles. The van der Waals surface area contributed by atoms with Crippen LogP contribution < -0.4 is 5.73 Å². The molecular weight excluding hydrogens is 297 g/mol. The number of anilines is 1. The summed E-state index contributed by atoms with van der Waals surface area (Å²) in [6, 6.07) is 4.64. The molecule has 0 saturated heterocycles. The lowest BCUT2D eigenvalue weighted by molar-refractivity contribution is 0.0592. The van der Waals surface area contributed by atoms with Crippen molar-refractivity contribution >= 4 is 11.7 Å². The number of methoxy groups -OCH3 is 1. The number of fused-ring (bicyclic) bond motifs is 1. The number of hydrogen-bond donors (Lipinski definition) is 1. The highest BCUT2D eigenvalue weighted by atomic mass is 19.1. The Morgan fingerprint density at radius 3 is 2.87 bits per heavy atom. The number of nitrogens with two attached hydrogens (primary N) is 1. The van der Waals surface area contributed by atoms with Crippen LogP contribution >= 0.6 is 0 Å². The number of halogens is 1. The molecule has 0 saturated carbocycles. The van der Waals surface area contributed by atoms with Gasteiger partial charge in [-0.1, -0.05) is 13.8 Å². The first-order chi connectivity index (χ1) is 11.1. The van der Waals surface area contributed by atoms with E-state index in [1.165, 1.54) is 13.2 Å². The fraction of sp³-hybridized carbons (Fsp3) is 0.412. The van der Waals surface area contributed by atoms with Crippen LogP contribution in [0.3, 0.4) is 0 Å². The standard InChI is InChI=1S/C15H16FN3O2.C2H6/c1-21-15(20)14-13-5-2-9(7-19(13)8-18-14)11-6-10(17)3-4-12(11)16;1-2/h3-4,6,8-9H,2,5,7,17H2,1H3;1-2H3. The van der Waals surface area contributed by atoms with Crippen LogP contribution in [0.25, 0.3) is 0 Å². The van der Waals surface area contributed by atoms with Gasteiger partial charge in [0.25, 0.3) is 0 Å². The summed E-state index contributed by atoms with van der Waals surface area (Å²) in [6.07, 6.45) is 3.01. The number of benzene rings is 1. The quantitative estimate of drug-likeness (QED) is 0.682. The first-order valence-electron chi connectivity index (χ1n) is 7.77. The number of rotatable bonds is 2. The number of esters is 1. The van der Waals surface area contributed by atoms with Crippen LogP contribution in [0, 0.1) is 5.82 Å². The van der Waals surface area contributed by atoms with Crippen LogP contribution in [0.2, 0.25) is 0 Å². The number of hydrogen-bond acceptors (Lipinski definition) is 4. The molecule has 0 aliphatic carbocycles. The first kappa shape index (κ1) is 17.0. The molecule has 1 unspecified atom stereocenters. The molecule has 1 aliphatic heterocycles. The molecule has 124 valence electrons. The monoisotopic (exact) mass is 319 g/mol. The highest BCUT2D eigenvalue weighted by Crippen LogP contribution is 2.32. The highest BCUT2D eigenvalue weighted by molar-refractivity contribution is 5.88. The zero-order valence-electron chi connectivity index (χ0n) is 13.7. The van der Waals surface area contributed by atoms with Crippen LogP contribution in [0.5, 0.6) is 0 Å². The number of aromatic nitrogens is 2. The van der Waals surface area contributed by atoms with E-state index in [1.54, 1.807) is 18.5 Å². The minimum absolute atomic E-state index is 0.0284. The van der Waals surface area contributed by atoms with Crippen LogP contribution in [0.4, 0.5) is 10.1 Å². The number of carbonyl (C=O) groups is 1. The Hall–Kier alpha value is -2.37. The van der Waals surface area contributed by atoms with Gasteiger partial charge in [-0.05, 0) is 36.6 Å². The Bertz CT molecular complexity index is 697. The highest BCUT2D eigenvalue weighted by Gasteiger charge is 2.27. The normalized spacial score (nSPS) is 16.1. The number of imidazole rings is 1. The molecule has 0 spiro atoms. The average molecular weight is 319 g/mol. The number of ether oxygens (including phenoxy) is 1. The van der Waals surface area contributed by atoms with Gasteiger partial charge in [-0.15, -0.1) is 0 Å². The maximum atomic E-state index is 14.0. The topological polar surface area (TPSA) is 70.1 Å². The van der Waals surface area contributed by atoms with Gasteiger partial charge < -0.3 is 15.0 Å². The van der Waals surface area contributed by atoms with Gasteiger partial charge in [-0.25, -0.2) is 14.2 Å². The summed E-state index contributed by atoms with van der Waals surface area (Å²) in [5, 5.41) is 0. The van der Waals surface area contributed by atoms with Crippen LogP contribution in [0.15, 0.2) is 24.5 Å². The van der Waals surface area contributed by atoms with Crippen LogP contribution in [-0.2, 0) is 17.7 Å². The van der Waals surface area contributed by atoms with Gasteiger partial charge in [0.15, 0.2) is 5.69 Å². The maximum Gasteiger partial charge on any atom is 0.358 e. The largest absolute Gasteiger partial charge is 0.464 e. The first-order valence-corrected chi connectivity index (χ1v) is 7.77. The van der Waals surface area contributed by atoms with Gasteiger partial charge in [0.1, 0.15) is 5.82 Å². The van der Waals surface area contributed by atoms with Gasteiger partial charge in [0.05, 0.1) is 19.1 Å². The molecule has 3 rings (SSSR count). The van der Waals surface area contributed by atoms with Crippen molar-refractivity contribution in [2.75, 3.05) is 12.8 Å².